The highest BCUT2D eigenvalue weighted by atomic mass is 35.5. The first-order valence-corrected chi connectivity index (χ1v) is 6.69. The van der Waals surface area contributed by atoms with Crippen molar-refractivity contribution >= 4 is 22.9 Å². The predicted octanol–water partition coefficient (Wildman–Crippen LogP) is 3.98. The molecule has 1 aromatic heterocycles. The van der Waals surface area contributed by atoms with Gasteiger partial charge in [0.2, 0.25) is 0 Å². The van der Waals surface area contributed by atoms with Crippen molar-refractivity contribution in [2.45, 2.75) is 18.7 Å². The Labute approximate surface area is 110 Å². The van der Waals surface area contributed by atoms with Crippen LogP contribution >= 0.6 is 22.9 Å². The fourth-order valence-corrected chi connectivity index (χ4v) is 2.67. The van der Waals surface area contributed by atoms with Crippen LogP contribution in [0.15, 0.2) is 29.6 Å². The van der Waals surface area contributed by atoms with Crippen LogP contribution in [0.4, 0.5) is 0 Å². The van der Waals surface area contributed by atoms with Gasteiger partial charge in [-0.05, 0) is 31.0 Å². The number of aromatic nitrogens is 1. The molecule has 0 fully saturated rings. The van der Waals surface area contributed by atoms with Gasteiger partial charge >= 0.3 is 0 Å². The van der Waals surface area contributed by atoms with E-state index < -0.39 is 0 Å². The van der Waals surface area contributed by atoms with Gasteiger partial charge in [-0.3, -0.25) is 0 Å². The van der Waals surface area contributed by atoms with Gasteiger partial charge in [-0.15, -0.1) is 22.9 Å². The lowest BCUT2D eigenvalue weighted by molar-refractivity contribution is 0.414. The summed E-state index contributed by atoms with van der Waals surface area (Å²) in [6, 6.07) is 7.97. The maximum atomic E-state index is 6.35. The summed E-state index contributed by atoms with van der Waals surface area (Å²) in [6.45, 7) is 1.99. The molecule has 1 aromatic carbocycles. The molecule has 2 rings (SSSR count). The Bertz CT molecular complexity index is 498. The number of methoxy groups -OCH3 is 1. The van der Waals surface area contributed by atoms with E-state index in [-0.39, 0.29) is 5.38 Å². The highest BCUT2D eigenvalue weighted by Gasteiger charge is 2.12. The molecule has 0 bridgehead atoms. The van der Waals surface area contributed by atoms with Crippen molar-refractivity contribution in [2.24, 2.45) is 0 Å². The number of aryl methyl sites for hydroxylation is 1. The van der Waals surface area contributed by atoms with Crippen molar-refractivity contribution < 1.29 is 4.74 Å². The Kier molecular flexibility index (Phi) is 4.02. The molecular weight excluding hydrogens is 254 g/mol. The Morgan fingerprint density at radius 2 is 2.29 bits per heavy atom. The molecule has 1 heterocycles. The molecule has 2 nitrogen and oxygen atoms in total. The summed E-state index contributed by atoms with van der Waals surface area (Å²) in [4.78, 5) is 4.40. The van der Waals surface area contributed by atoms with Crippen LogP contribution in [-0.2, 0) is 6.42 Å². The molecule has 0 aliphatic heterocycles. The molecule has 0 aliphatic rings. The standard InChI is InChI=1S/C13H14ClNOS/c1-9-15-13(8-17-9)12(14)7-10-4-3-5-11(6-10)16-2/h3-6,8,12H,7H2,1-2H3. The van der Waals surface area contributed by atoms with Gasteiger partial charge < -0.3 is 4.74 Å². The smallest absolute Gasteiger partial charge is 0.119 e. The van der Waals surface area contributed by atoms with E-state index in [9.17, 15) is 0 Å². The molecule has 1 unspecified atom stereocenters. The van der Waals surface area contributed by atoms with Crippen molar-refractivity contribution in [3.8, 4) is 5.75 Å². The van der Waals surface area contributed by atoms with Crippen molar-refractivity contribution in [2.75, 3.05) is 7.11 Å². The largest absolute Gasteiger partial charge is 0.497 e. The molecule has 0 amide bonds. The third-order valence-corrected chi connectivity index (χ3v) is 3.68. The van der Waals surface area contributed by atoms with Crippen molar-refractivity contribution in [1.29, 1.82) is 0 Å². The summed E-state index contributed by atoms with van der Waals surface area (Å²) in [5.41, 5.74) is 2.12. The van der Waals surface area contributed by atoms with Gasteiger partial charge in [0.1, 0.15) is 5.75 Å². The molecule has 4 heteroatoms. The second-order valence-electron chi connectivity index (χ2n) is 3.81. The number of halogens is 1. The first kappa shape index (κ1) is 12.4. The molecule has 2 aromatic rings. The van der Waals surface area contributed by atoms with Crippen molar-refractivity contribution in [1.82, 2.24) is 4.98 Å². The zero-order valence-electron chi connectivity index (χ0n) is 9.81. The van der Waals surface area contributed by atoms with Crippen LogP contribution in [0.5, 0.6) is 5.75 Å². The van der Waals surface area contributed by atoms with Crippen LogP contribution in [0.1, 0.15) is 21.6 Å². The number of thiazole rings is 1. The minimum Gasteiger partial charge on any atom is -0.497 e. The quantitative estimate of drug-likeness (QED) is 0.782. The molecule has 1 atom stereocenters. The number of hydrogen-bond donors (Lipinski definition) is 0. The van der Waals surface area contributed by atoms with E-state index in [0.29, 0.717) is 0 Å². The first-order valence-electron chi connectivity index (χ1n) is 5.38. The van der Waals surface area contributed by atoms with Gasteiger partial charge in [0.25, 0.3) is 0 Å². The fourth-order valence-electron chi connectivity index (χ4n) is 1.63. The topological polar surface area (TPSA) is 22.1 Å². The van der Waals surface area contributed by atoms with Gasteiger partial charge in [0.15, 0.2) is 0 Å². The maximum absolute atomic E-state index is 6.35. The molecule has 0 N–H and O–H groups in total. The Hall–Kier alpha value is -1.06. The van der Waals surface area contributed by atoms with Gasteiger partial charge in [0, 0.05) is 5.38 Å². The number of alkyl halides is 1. The number of benzene rings is 1. The zero-order chi connectivity index (χ0) is 12.3. The second-order valence-corrected chi connectivity index (χ2v) is 5.40. The van der Waals surface area contributed by atoms with Gasteiger partial charge in [0.05, 0.1) is 23.2 Å². The van der Waals surface area contributed by atoms with E-state index in [1.165, 1.54) is 0 Å². The van der Waals surface area contributed by atoms with Crippen LogP contribution in [0.3, 0.4) is 0 Å². The summed E-state index contributed by atoms with van der Waals surface area (Å²) >= 11 is 7.98. The Balaban J connectivity index is 2.09. The van der Waals surface area contributed by atoms with Crippen LogP contribution < -0.4 is 4.74 Å². The fraction of sp³-hybridized carbons (Fsp3) is 0.308. The summed E-state index contributed by atoms with van der Waals surface area (Å²) < 4.78 is 5.19. The van der Waals surface area contributed by atoms with Crippen LogP contribution in [0, 0.1) is 6.92 Å². The SMILES string of the molecule is COc1cccc(CC(Cl)c2csc(C)n2)c1. The number of ether oxygens (including phenoxy) is 1. The summed E-state index contributed by atoms with van der Waals surface area (Å²) in [7, 11) is 1.67. The molecule has 0 aliphatic carbocycles. The second kappa shape index (κ2) is 5.52. The van der Waals surface area contributed by atoms with Crippen LogP contribution in [0.2, 0.25) is 0 Å². The Morgan fingerprint density at radius 3 is 2.94 bits per heavy atom. The highest BCUT2D eigenvalue weighted by Crippen LogP contribution is 2.27. The molecule has 0 saturated heterocycles. The molecule has 17 heavy (non-hydrogen) atoms. The molecular formula is C13H14ClNOS. The lowest BCUT2D eigenvalue weighted by atomic mass is 10.1. The lowest BCUT2D eigenvalue weighted by Gasteiger charge is -2.08. The van der Waals surface area contributed by atoms with Crippen molar-refractivity contribution in [3.63, 3.8) is 0 Å². The normalized spacial score (nSPS) is 12.4. The summed E-state index contributed by atoms with van der Waals surface area (Å²) in [6.07, 6.45) is 0.766. The van der Waals surface area contributed by atoms with E-state index in [4.69, 9.17) is 16.3 Å². The van der Waals surface area contributed by atoms with E-state index in [0.717, 1.165) is 28.4 Å². The average Bonchev–Trinajstić information content (AvgIpc) is 2.76. The number of rotatable bonds is 4. The minimum atomic E-state index is -0.0768. The summed E-state index contributed by atoms with van der Waals surface area (Å²) in [5, 5.41) is 3.00. The van der Waals surface area contributed by atoms with E-state index in [1.807, 2.05) is 30.5 Å². The van der Waals surface area contributed by atoms with Crippen LogP contribution in [-0.4, -0.2) is 12.1 Å². The number of hydrogen-bond acceptors (Lipinski definition) is 3. The van der Waals surface area contributed by atoms with E-state index in [1.54, 1.807) is 18.4 Å². The van der Waals surface area contributed by atoms with Gasteiger partial charge in [-0.25, -0.2) is 4.98 Å². The van der Waals surface area contributed by atoms with Gasteiger partial charge in [-0.2, -0.15) is 0 Å². The van der Waals surface area contributed by atoms with Crippen molar-refractivity contribution in [3.05, 3.63) is 45.9 Å². The minimum absolute atomic E-state index is 0.0768. The highest BCUT2D eigenvalue weighted by molar-refractivity contribution is 7.09. The zero-order valence-corrected chi connectivity index (χ0v) is 11.4. The third kappa shape index (κ3) is 3.20. The molecule has 90 valence electrons. The monoisotopic (exact) mass is 267 g/mol. The molecule has 0 saturated carbocycles. The third-order valence-electron chi connectivity index (χ3n) is 2.51. The molecule has 0 spiro atoms. The van der Waals surface area contributed by atoms with Crippen LogP contribution in [0.25, 0.3) is 0 Å². The predicted molar refractivity (Wildman–Crippen MR) is 72.1 cm³/mol. The van der Waals surface area contributed by atoms with E-state index in [2.05, 4.69) is 11.1 Å². The summed E-state index contributed by atoms with van der Waals surface area (Å²) in [5.74, 6) is 0.862. The average molecular weight is 268 g/mol. The molecule has 0 radical (unpaired) electrons. The first-order chi connectivity index (χ1) is 8.19. The maximum Gasteiger partial charge on any atom is 0.119 e. The number of nitrogens with zero attached hydrogens (tertiary/aromatic N) is 1. The lowest BCUT2D eigenvalue weighted by Crippen LogP contribution is -1.97. The Morgan fingerprint density at radius 1 is 1.47 bits per heavy atom. The van der Waals surface area contributed by atoms with E-state index >= 15 is 0 Å². The van der Waals surface area contributed by atoms with Gasteiger partial charge in [-0.1, -0.05) is 12.1 Å².